The van der Waals surface area contributed by atoms with Crippen molar-refractivity contribution in [3.63, 3.8) is 0 Å². The molecule has 4 nitrogen and oxygen atoms in total. The second-order valence-electron chi connectivity index (χ2n) is 4.14. The highest BCUT2D eigenvalue weighted by atomic mass is 16.5. The summed E-state index contributed by atoms with van der Waals surface area (Å²) in [5.74, 6) is 0.471. The predicted octanol–water partition coefficient (Wildman–Crippen LogP) is 3.32. The Morgan fingerprint density at radius 2 is 1.80 bits per heavy atom. The largest absolute Gasteiger partial charge is 0.494 e. The minimum Gasteiger partial charge on any atom is -0.494 e. The van der Waals surface area contributed by atoms with Crippen molar-refractivity contribution >= 4 is 5.97 Å². The Morgan fingerprint density at radius 1 is 1.05 bits per heavy atom. The van der Waals surface area contributed by atoms with Crippen molar-refractivity contribution in [3.8, 4) is 16.9 Å². The van der Waals surface area contributed by atoms with Gasteiger partial charge in [-0.05, 0) is 37.6 Å². The summed E-state index contributed by atoms with van der Waals surface area (Å²) in [4.78, 5) is 15.8. The van der Waals surface area contributed by atoms with Gasteiger partial charge < -0.3 is 9.47 Å². The van der Waals surface area contributed by atoms with Gasteiger partial charge in [0.2, 0.25) is 0 Å². The first-order valence-corrected chi connectivity index (χ1v) is 6.60. The predicted molar refractivity (Wildman–Crippen MR) is 76.8 cm³/mol. The van der Waals surface area contributed by atoms with Gasteiger partial charge in [-0.25, -0.2) is 4.79 Å². The molecule has 0 unspecified atom stereocenters. The minimum absolute atomic E-state index is 0.353. The molecule has 2 aromatic rings. The Bertz CT molecular complexity index is 579. The molecule has 0 aliphatic heterocycles. The van der Waals surface area contributed by atoms with Crippen LogP contribution in [0, 0.1) is 0 Å². The monoisotopic (exact) mass is 271 g/mol. The van der Waals surface area contributed by atoms with Crippen molar-refractivity contribution in [3.05, 3.63) is 48.3 Å². The third kappa shape index (κ3) is 3.35. The maximum absolute atomic E-state index is 11.7. The Kier molecular flexibility index (Phi) is 4.71. The van der Waals surface area contributed by atoms with Crippen LogP contribution < -0.4 is 4.74 Å². The van der Waals surface area contributed by atoms with E-state index in [0.717, 1.165) is 16.9 Å². The third-order valence-electron chi connectivity index (χ3n) is 2.75. The molecule has 0 amide bonds. The van der Waals surface area contributed by atoms with Gasteiger partial charge in [0.15, 0.2) is 0 Å². The average Bonchev–Trinajstić information content (AvgIpc) is 2.49. The smallest absolute Gasteiger partial charge is 0.339 e. The molecule has 0 radical (unpaired) electrons. The number of rotatable bonds is 5. The zero-order valence-electron chi connectivity index (χ0n) is 11.6. The van der Waals surface area contributed by atoms with Crippen LogP contribution in [0.25, 0.3) is 11.1 Å². The summed E-state index contributed by atoms with van der Waals surface area (Å²) in [6.45, 7) is 4.72. The number of benzene rings is 1. The average molecular weight is 271 g/mol. The van der Waals surface area contributed by atoms with Crippen molar-refractivity contribution in [1.82, 2.24) is 4.98 Å². The first-order chi connectivity index (χ1) is 9.74. The molecule has 0 spiro atoms. The van der Waals surface area contributed by atoms with Crippen LogP contribution in [0.15, 0.2) is 42.7 Å². The molecular weight excluding hydrogens is 254 g/mol. The van der Waals surface area contributed by atoms with Gasteiger partial charge in [0.05, 0.1) is 18.8 Å². The summed E-state index contributed by atoms with van der Waals surface area (Å²) in [7, 11) is 0. The van der Waals surface area contributed by atoms with Crippen molar-refractivity contribution in [1.29, 1.82) is 0 Å². The Labute approximate surface area is 118 Å². The fourth-order valence-corrected chi connectivity index (χ4v) is 1.83. The van der Waals surface area contributed by atoms with Crippen LogP contribution in [0.1, 0.15) is 24.2 Å². The van der Waals surface area contributed by atoms with Gasteiger partial charge in [-0.1, -0.05) is 12.1 Å². The van der Waals surface area contributed by atoms with Gasteiger partial charge in [0, 0.05) is 18.0 Å². The quantitative estimate of drug-likeness (QED) is 0.783. The summed E-state index contributed by atoms with van der Waals surface area (Å²) in [5.41, 5.74) is 2.31. The lowest BCUT2D eigenvalue weighted by Gasteiger charge is -2.06. The van der Waals surface area contributed by atoms with Gasteiger partial charge >= 0.3 is 5.97 Å². The molecule has 1 heterocycles. The number of ether oxygens (including phenoxy) is 2. The lowest BCUT2D eigenvalue weighted by atomic mass is 10.1. The highest BCUT2D eigenvalue weighted by Crippen LogP contribution is 2.22. The van der Waals surface area contributed by atoms with E-state index in [9.17, 15) is 4.79 Å². The molecule has 1 aromatic heterocycles. The summed E-state index contributed by atoms with van der Waals surface area (Å²) >= 11 is 0. The molecule has 0 bridgehead atoms. The zero-order chi connectivity index (χ0) is 14.4. The number of hydrogen-bond acceptors (Lipinski definition) is 4. The van der Waals surface area contributed by atoms with Crippen LogP contribution in [0.3, 0.4) is 0 Å². The van der Waals surface area contributed by atoms with E-state index in [2.05, 4.69) is 4.98 Å². The number of hydrogen-bond donors (Lipinski definition) is 0. The second-order valence-corrected chi connectivity index (χ2v) is 4.14. The van der Waals surface area contributed by atoms with Crippen LogP contribution in [0.5, 0.6) is 5.75 Å². The van der Waals surface area contributed by atoms with Crippen molar-refractivity contribution < 1.29 is 14.3 Å². The molecule has 2 rings (SSSR count). The molecule has 0 saturated carbocycles. The first kappa shape index (κ1) is 14.1. The second kappa shape index (κ2) is 6.70. The van der Waals surface area contributed by atoms with Gasteiger partial charge in [-0.3, -0.25) is 4.98 Å². The number of carbonyl (C=O) groups is 1. The third-order valence-corrected chi connectivity index (χ3v) is 2.75. The fraction of sp³-hybridized carbons (Fsp3) is 0.250. The van der Waals surface area contributed by atoms with Crippen molar-refractivity contribution in [2.45, 2.75) is 13.8 Å². The minimum atomic E-state index is -0.354. The maximum Gasteiger partial charge on any atom is 0.339 e. The van der Waals surface area contributed by atoms with Crippen LogP contribution in [0.4, 0.5) is 0 Å². The lowest BCUT2D eigenvalue weighted by Crippen LogP contribution is -2.05. The Hall–Kier alpha value is -2.36. The van der Waals surface area contributed by atoms with E-state index < -0.39 is 0 Å². The van der Waals surface area contributed by atoms with Gasteiger partial charge in [-0.2, -0.15) is 0 Å². The fourth-order valence-electron chi connectivity index (χ4n) is 1.83. The number of carbonyl (C=O) groups excluding carboxylic acids is 1. The number of nitrogens with zero attached hydrogens (tertiary/aromatic N) is 1. The van der Waals surface area contributed by atoms with E-state index in [1.807, 2.05) is 31.2 Å². The van der Waals surface area contributed by atoms with Crippen molar-refractivity contribution in [2.24, 2.45) is 0 Å². The molecule has 0 aliphatic carbocycles. The number of aromatic nitrogens is 1. The first-order valence-electron chi connectivity index (χ1n) is 6.60. The molecule has 20 heavy (non-hydrogen) atoms. The van der Waals surface area contributed by atoms with E-state index in [1.54, 1.807) is 19.2 Å². The summed E-state index contributed by atoms with van der Waals surface area (Å²) in [5, 5.41) is 0. The molecule has 0 N–H and O–H groups in total. The van der Waals surface area contributed by atoms with Crippen molar-refractivity contribution in [2.75, 3.05) is 13.2 Å². The molecule has 104 valence electrons. The van der Waals surface area contributed by atoms with E-state index in [1.165, 1.54) is 6.20 Å². The van der Waals surface area contributed by atoms with Crippen LogP contribution in [0.2, 0.25) is 0 Å². The van der Waals surface area contributed by atoms with E-state index in [-0.39, 0.29) is 5.97 Å². The number of pyridine rings is 1. The van der Waals surface area contributed by atoms with E-state index in [0.29, 0.717) is 18.8 Å². The molecule has 1 aromatic carbocycles. The molecule has 0 fully saturated rings. The normalized spacial score (nSPS) is 10.1. The summed E-state index contributed by atoms with van der Waals surface area (Å²) in [6, 6.07) is 9.46. The highest BCUT2D eigenvalue weighted by molar-refractivity contribution is 5.90. The molecule has 4 heteroatoms. The van der Waals surface area contributed by atoms with Gasteiger partial charge in [0.25, 0.3) is 0 Å². The van der Waals surface area contributed by atoms with Crippen LogP contribution in [-0.2, 0) is 4.74 Å². The standard InChI is InChI=1S/C16H17NO3/c1-3-19-15-7-5-12(6-8-15)13-9-14(11-17-10-13)16(18)20-4-2/h5-11H,3-4H2,1-2H3. The number of esters is 1. The molecule has 0 saturated heterocycles. The Morgan fingerprint density at radius 3 is 2.45 bits per heavy atom. The Balaban J connectivity index is 2.24. The highest BCUT2D eigenvalue weighted by Gasteiger charge is 2.08. The SMILES string of the molecule is CCOC(=O)c1cncc(-c2ccc(OCC)cc2)c1. The maximum atomic E-state index is 11.7. The van der Waals surface area contributed by atoms with Crippen LogP contribution in [-0.4, -0.2) is 24.2 Å². The lowest BCUT2D eigenvalue weighted by molar-refractivity contribution is 0.0526. The molecule has 0 aliphatic rings. The molecular formula is C16H17NO3. The zero-order valence-corrected chi connectivity index (χ0v) is 11.6. The summed E-state index contributed by atoms with van der Waals surface area (Å²) in [6.07, 6.45) is 3.23. The van der Waals surface area contributed by atoms with Crippen LogP contribution >= 0.6 is 0 Å². The van der Waals surface area contributed by atoms with Gasteiger partial charge in [0.1, 0.15) is 5.75 Å². The molecule has 0 atom stereocenters. The topological polar surface area (TPSA) is 48.4 Å². The van der Waals surface area contributed by atoms with E-state index in [4.69, 9.17) is 9.47 Å². The van der Waals surface area contributed by atoms with E-state index >= 15 is 0 Å². The summed E-state index contributed by atoms with van der Waals surface area (Å²) < 4.78 is 10.4. The van der Waals surface area contributed by atoms with Gasteiger partial charge in [-0.15, -0.1) is 0 Å².